The van der Waals surface area contributed by atoms with Crippen LogP contribution in [0.4, 0.5) is 5.00 Å². The van der Waals surface area contributed by atoms with Gasteiger partial charge < -0.3 is 10.1 Å². The molecule has 0 saturated carbocycles. The fourth-order valence-electron chi connectivity index (χ4n) is 1.59. The van der Waals surface area contributed by atoms with E-state index >= 15 is 0 Å². The predicted molar refractivity (Wildman–Crippen MR) is 76.3 cm³/mol. The fourth-order valence-corrected chi connectivity index (χ4v) is 2.34. The van der Waals surface area contributed by atoms with E-state index < -0.39 is 12.0 Å². The lowest BCUT2D eigenvalue weighted by Crippen LogP contribution is -2.45. The normalized spacial score (nSPS) is 11.8. The maximum absolute atomic E-state index is 11.8. The number of nitrogens with one attached hydrogen (secondary N) is 2. The quantitative estimate of drug-likeness (QED) is 0.773. The third kappa shape index (κ3) is 4.33. The number of hydrogen-bond donors (Lipinski definition) is 2. The second kappa shape index (κ2) is 7.62. The van der Waals surface area contributed by atoms with Crippen LogP contribution in [0, 0.1) is 17.2 Å². The Kier molecular flexibility index (Phi) is 6.15. The number of rotatable bonds is 6. The van der Waals surface area contributed by atoms with Gasteiger partial charge in [-0.1, -0.05) is 13.8 Å². The molecule has 6 nitrogen and oxygen atoms in total. The van der Waals surface area contributed by atoms with E-state index in [-0.39, 0.29) is 18.4 Å². The van der Waals surface area contributed by atoms with Crippen LogP contribution < -0.4 is 10.6 Å². The van der Waals surface area contributed by atoms with E-state index in [4.69, 9.17) is 5.26 Å². The monoisotopic (exact) mass is 295 g/mol. The van der Waals surface area contributed by atoms with Crippen molar-refractivity contribution in [1.29, 1.82) is 5.26 Å². The van der Waals surface area contributed by atoms with E-state index in [1.165, 1.54) is 18.4 Å². The molecule has 0 spiro atoms. The van der Waals surface area contributed by atoms with Gasteiger partial charge in [-0.05, 0) is 17.4 Å². The topological polar surface area (TPSA) is 91.2 Å². The second-order valence-electron chi connectivity index (χ2n) is 4.45. The molecule has 1 heterocycles. The molecule has 7 heteroatoms. The lowest BCUT2D eigenvalue weighted by molar-refractivity contribution is -0.144. The van der Waals surface area contributed by atoms with Gasteiger partial charge in [0.2, 0.25) is 5.91 Å². The van der Waals surface area contributed by atoms with Crippen LogP contribution in [0.1, 0.15) is 19.4 Å². The molecule has 1 atom stereocenters. The smallest absolute Gasteiger partial charge is 0.323 e. The number of carbonyl (C=O) groups excluding carboxylic acids is 2. The minimum atomic E-state index is -0.537. The predicted octanol–water partition coefficient (Wildman–Crippen LogP) is 1.35. The number of methoxy groups -OCH3 is 1. The molecule has 1 rings (SSSR count). The largest absolute Gasteiger partial charge is 0.468 e. The Bertz CT molecular complexity index is 519. The molecule has 0 bridgehead atoms. The van der Waals surface area contributed by atoms with Gasteiger partial charge >= 0.3 is 5.97 Å². The Balaban J connectivity index is 2.55. The molecule has 0 radical (unpaired) electrons. The maximum atomic E-state index is 11.8. The van der Waals surface area contributed by atoms with E-state index in [1.807, 2.05) is 19.9 Å². The number of ether oxygens (including phenoxy) is 1. The highest BCUT2D eigenvalue weighted by Crippen LogP contribution is 2.21. The summed E-state index contributed by atoms with van der Waals surface area (Å²) in [6.45, 7) is 3.69. The highest BCUT2D eigenvalue weighted by atomic mass is 32.1. The van der Waals surface area contributed by atoms with Gasteiger partial charge in [0.25, 0.3) is 0 Å². The number of anilines is 1. The van der Waals surface area contributed by atoms with Crippen molar-refractivity contribution in [2.45, 2.75) is 19.9 Å². The molecule has 20 heavy (non-hydrogen) atoms. The SMILES string of the molecule is COC(=O)C(NCC(=O)Nc1sccc1C#N)C(C)C. The molecule has 1 aromatic rings. The Labute approximate surface area is 121 Å². The van der Waals surface area contributed by atoms with Gasteiger partial charge in [-0.3, -0.25) is 14.9 Å². The second-order valence-corrected chi connectivity index (χ2v) is 5.37. The van der Waals surface area contributed by atoms with Crippen molar-refractivity contribution < 1.29 is 14.3 Å². The van der Waals surface area contributed by atoms with Gasteiger partial charge in [0.1, 0.15) is 17.1 Å². The zero-order chi connectivity index (χ0) is 15.1. The van der Waals surface area contributed by atoms with Gasteiger partial charge in [0, 0.05) is 0 Å². The lowest BCUT2D eigenvalue weighted by Gasteiger charge is -2.19. The van der Waals surface area contributed by atoms with E-state index in [2.05, 4.69) is 15.4 Å². The highest BCUT2D eigenvalue weighted by molar-refractivity contribution is 7.14. The molecule has 108 valence electrons. The average molecular weight is 295 g/mol. The molecule has 0 aliphatic carbocycles. The van der Waals surface area contributed by atoms with Crippen LogP contribution in [0.3, 0.4) is 0 Å². The van der Waals surface area contributed by atoms with Crippen LogP contribution in [-0.4, -0.2) is 31.6 Å². The average Bonchev–Trinajstić information content (AvgIpc) is 2.85. The molecule has 0 saturated heterocycles. The third-order valence-corrected chi connectivity index (χ3v) is 3.47. The molecule has 0 aromatic carbocycles. The summed E-state index contributed by atoms with van der Waals surface area (Å²) in [7, 11) is 1.31. The van der Waals surface area contributed by atoms with Crippen LogP contribution in [0.5, 0.6) is 0 Å². The Morgan fingerprint density at radius 1 is 1.50 bits per heavy atom. The lowest BCUT2D eigenvalue weighted by atomic mass is 10.0. The molecule has 0 aliphatic heterocycles. The molecule has 0 fully saturated rings. The van der Waals surface area contributed by atoms with Crippen molar-refractivity contribution >= 4 is 28.2 Å². The van der Waals surface area contributed by atoms with Crippen molar-refractivity contribution in [3.8, 4) is 6.07 Å². The molecule has 0 aliphatic rings. The summed E-state index contributed by atoms with van der Waals surface area (Å²) in [4.78, 5) is 23.3. The molecule has 1 aromatic heterocycles. The van der Waals surface area contributed by atoms with Crippen LogP contribution >= 0.6 is 11.3 Å². The Hall–Kier alpha value is -1.91. The summed E-state index contributed by atoms with van der Waals surface area (Å²) in [5.74, 6) is -0.702. The van der Waals surface area contributed by atoms with Crippen LogP contribution in [0.25, 0.3) is 0 Å². The number of carbonyl (C=O) groups is 2. The van der Waals surface area contributed by atoms with Crippen molar-refractivity contribution in [1.82, 2.24) is 5.32 Å². The summed E-state index contributed by atoms with van der Waals surface area (Å²) in [6.07, 6.45) is 0. The first kappa shape index (κ1) is 16.1. The standard InChI is InChI=1S/C13H17N3O3S/c1-8(2)11(13(18)19-3)15-7-10(17)16-12-9(6-14)4-5-20-12/h4-5,8,11,15H,7H2,1-3H3,(H,16,17). The minimum absolute atomic E-state index is 0.00616. The van der Waals surface area contributed by atoms with E-state index in [1.54, 1.807) is 11.4 Å². The van der Waals surface area contributed by atoms with E-state index in [0.717, 1.165) is 0 Å². The summed E-state index contributed by atoms with van der Waals surface area (Å²) >= 11 is 1.28. The Morgan fingerprint density at radius 3 is 2.75 bits per heavy atom. The van der Waals surface area contributed by atoms with E-state index in [0.29, 0.717) is 10.6 Å². The third-order valence-electron chi connectivity index (χ3n) is 2.64. The van der Waals surface area contributed by atoms with Gasteiger partial charge in [-0.25, -0.2) is 0 Å². The van der Waals surface area contributed by atoms with Crippen LogP contribution in [-0.2, 0) is 14.3 Å². The molecule has 1 amide bonds. The first-order valence-corrected chi connectivity index (χ1v) is 6.96. The van der Waals surface area contributed by atoms with E-state index in [9.17, 15) is 9.59 Å². The van der Waals surface area contributed by atoms with Crippen LogP contribution in [0.15, 0.2) is 11.4 Å². The van der Waals surface area contributed by atoms with Gasteiger partial charge in [0.05, 0.1) is 19.2 Å². The summed E-state index contributed by atoms with van der Waals surface area (Å²) in [5, 5.41) is 16.6. The van der Waals surface area contributed by atoms with Crippen molar-refractivity contribution in [2.24, 2.45) is 5.92 Å². The van der Waals surface area contributed by atoms with Crippen molar-refractivity contribution in [3.05, 3.63) is 17.0 Å². The molecule has 2 N–H and O–H groups in total. The minimum Gasteiger partial charge on any atom is -0.468 e. The zero-order valence-corrected chi connectivity index (χ0v) is 12.4. The van der Waals surface area contributed by atoms with Gasteiger partial charge in [0.15, 0.2) is 0 Å². The van der Waals surface area contributed by atoms with Gasteiger partial charge in [-0.15, -0.1) is 11.3 Å². The number of nitrogens with zero attached hydrogens (tertiary/aromatic N) is 1. The molecular weight excluding hydrogens is 278 g/mol. The molecule has 1 unspecified atom stereocenters. The van der Waals surface area contributed by atoms with Crippen molar-refractivity contribution in [3.63, 3.8) is 0 Å². The number of thiophene rings is 1. The van der Waals surface area contributed by atoms with Crippen molar-refractivity contribution in [2.75, 3.05) is 19.0 Å². The molecular formula is C13H17N3O3S. The Morgan fingerprint density at radius 2 is 2.20 bits per heavy atom. The fraction of sp³-hybridized carbons (Fsp3) is 0.462. The summed E-state index contributed by atoms with van der Waals surface area (Å²) in [5.41, 5.74) is 0.428. The number of hydrogen-bond acceptors (Lipinski definition) is 6. The van der Waals surface area contributed by atoms with Crippen LogP contribution in [0.2, 0.25) is 0 Å². The number of nitriles is 1. The summed E-state index contributed by atoms with van der Waals surface area (Å²) in [6, 6.07) is 3.09. The first-order valence-electron chi connectivity index (χ1n) is 6.08. The first-order chi connectivity index (χ1) is 9.49. The zero-order valence-electron chi connectivity index (χ0n) is 11.6. The van der Waals surface area contributed by atoms with Gasteiger partial charge in [-0.2, -0.15) is 5.26 Å². The highest BCUT2D eigenvalue weighted by Gasteiger charge is 2.23. The number of amides is 1. The maximum Gasteiger partial charge on any atom is 0.323 e. The summed E-state index contributed by atoms with van der Waals surface area (Å²) < 4.78 is 4.67. The number of esters is 1.